The van der Waals surface area contributed by atoms with Crippen LogP contribution in [0.2, 0.25) is 0 Å². The standard InChI is InChI=1S/C11H12BrN3OS2/c1-15(6-8-3-2-4-17-8)7-10(16)14-11-13-5-9(12)18-11/h2-5H,6-7H2,1H3,(H,13,14,16). The van der Waals surface area contributed by atoms with Crippen molar-refractivity contribution >= 4 is 49.6 Å². The van der Waals surface area contributed by atoms with E-state index in [1.54, 1.807) is 17.5 Å². The van der Waals surface area contributed by atoms with Crippen molar-refractivity contribution in [3.05, 3.63) is 32.4 Å². The van der Waals surface area contributed by atoms with Crippen molar-refractivity contribution in [1.82, 2.24) is 9.88 Å². The highest BCUT2D eigenvalue weighted by Crippen LogP contribution is 2.22. The molecule has 0 bridgehead atoms. The molecule has 1 N–H and O–H groups in total. The minimum Gasteiger partial charge on any atom is -0.301 e. The molecule has 0 aliphatic carbocycles. The summed E-state index contributed by atoms with van der Waals surface area (Å²) in [6.07, 6.45) is 1.68. The molecular formula is C11H12BrN3OS2. The number of thiophene rings is 1. The van der Waals surface area contributed by atoms with Gasteiger partial charge >= 0.3 is 0 Å². The first-order valence-electron chi connectivity index (χ1n) is 5.25. The number of amides is 1. The molecule has 2 heterocycles. The maximum absolute atomic E-state index is 11.8. The molecule has 4 nitrogen and oxygen atoms in total. The number of thiazole rings is 1. The van der Waals surface area contributed by atoms with Crippen LogP contribution in [-0.2, 0) is 11.3 Å². The van der Waals surface area contributed by atoms with E-state index >= 15 is 0 Å². The third kappa shape index (κ3) is 4.16. The van der Waals surface area contributed by atoms with Gasteiger partial charge in [-0.25, -0.2) is 4.98 Å². The number of carbonyl (C=O) groups is 1. The molecule has 0 spiro atoms. The molecule has 0 saturated heterocycles. The third-order valence-electron chi connectivity index (χ3n) is 2.14. The Labute approximate surface area is 122 Å². The second kappa shape index (κ2) is 6.42. The molecule has 0 saturated carbocycles. The number of anilines is 1. The molecular weight excluding hydrogens is 334 g/mol. The van der Waals surface area contributed by atoms with Gasteiger partial charge in [-0.15, -0.1) is 11.3 Å². The van der Waals surface area contributed by atoms with Crippen LogP contribution in [0.5, 0.6) is 0 Å². The molecule has 1 amide bonds. The van der Waals surface area contributed by atoms with Crippen LogP contribution in [0, 0.1) is 0 Å². The lowest BCUT2D eigenvalue weighted by atomic mass is 10.4. The second-order valence-electron chi connectivity index (χ2n) is 3.77. The third-order valence-corrected chi connectivity index (χ3v) is 4.40. The zero-order valence-electron chi connectivity index (χ0n) is 9.72. The SMILES string of the molecule is CN(CC(=O)Nc1ncc(Br)s1)Cc1cccs1. The van der Waals surface area contributed by atoms with E-state index in [1.165, 1.54) is 16.2 Å². The summed E-state index contributed by atoms with van der Waals surface area (Å²) in [5, 5.41) is 5.43. The molecule has 0 aliphatic rings. The zero-order chi connectivity index (χ0) is 13.0. The van der Waals surface area contributed by atoms with Crippen LogP contribution < -0.4 is 5.32 Å². The monoisotopic (exact) mass is 345 g/mol. The molecule has 96 valence electrons. The van der Waals surface area contributed by atoms with E-state index in [0.29, 0.717) is 11.7 Å². The number of likely N-dealkylation sites (N-methyl/N-ethyl adjacent to an activating group) is 1. The Hall–Kier alpha value is -0.760. The first kappa shape index (κ1) is 13.7. The lowest BCUT2D eigenvalue weighted by molar-refractivity contribution is -0.117. The average molecular weight is 346 g/mol. The van der Waals surface area contributed by atoms with Crippen molar-refractivity contribution < 1.29 is 4.79 Å². The van der Waals surface area contributed by atoms with Gasteiger partial charge in [-0.2, -0.15) is 0 Å². The molecule has 0 aromatic carbocycles. The van der Waals surface area contributed by atoms with Gasteiger partial charge in [0.1, 0.15) is 0 Å². The fraction of sp³-hybridized carbons (Fsp3) is 0.273. The summed E-state index contributed by atoms with van der Waals surface area (Å²) >= 11 is 6.41. The van der Waals surface area contributed by atoms with Crippen molar-refractivity contribution in [3.8, 4) is 0 Å². The molecule has 0 radical (unpaired) electrons. The molecule has 2 aromatic rings. The highest BCUT2D eigenvalue weighted by atomic mass is 79.9. The predicted molar refractivity (Wildman–Crippen MR) is 79.1 cm³/mol. The summed E-state index contributed by atoms with van der Waals surface area (Å²) in [6.45, 7) is 1.14. The Bertz CT molecular complexity index is 512. The largest absolute Gasteiger partial charge is 0.301 e. The molecule has 0 unspecified atom stereocenters. The van der Waals surface area contributed by atoms with Gasteiger partial charge in [-0.05, 0) is 34.4 Å². The molecule has 0 aliphatic heterocycles. The van der Waals surface area contributed by atoms with Crippen molar-refractivity contribution in [2.24, 2.45) is 0 Å². The number of carbonyl (C=O) groups excluding carboxylic acids is 1. The summed E-state index contributed by atoms with van der Waals surface area (Å²) in [7, 11) is 1.93. The van der Waals surface area contributed by atoms with Gasteiger partial charge in [0.15, 0.2) is 5.13 Å². The van der Waals surface area contributed by atoms with Crippen molar-refractivity contribution in [2.45, 2.75) is 6.54 Å². The molecule has 2 rings (SSSR count). The van der Waals surface area contributed by atoms with Crippen molar-refractivity contribution in [2.75, 3.05) is 18.9 Å². The molecule has 18 heavy (non-hydrogen) atoms. The molecule has 2 aromatic heterocycles. The van der Waals surface area contributed by atoms with Gasteiger partial charge in [-0.1, -0.05) is 17.4 Å². The first-order valence-corrected chi connectivity index (χ1v) is 7.74. The number of hydrogen-bond donors (Lipinski definition) is 1. The minimum atomic E-state index is -0.0455. The number of nitrogens with one attached hydrogen (secondary N) is 1. The molecule has 0 atom stereocenters. The van der Waals surface area contributed by atoms with Crippen LogP contribution in [-0.4, -0.2) is 29.4 Å². The van der Waals surface area contributed by atoms with Gasteiger partial charge in [0.25, 0.3) is 0 Å². The van der Waals surface area contributed by atoms with E-state index in [4.69, 9.17) is 0 Å². The Morgan fingerprint density at radius 2 is 2.44 bits per heavy atom. The average Bonchev–Trinajstić information content (AvgIpc) is 2.90. The fourth-order valence-electron chi connectivity index (χ4n) is 1.44. The molecule has 0 fully saturated rings. The van der Waals surface area contributed by atoms with E-state index in [2.05, 4.69) is 32.3 Å². The summed E-state index contributed by atoms with van der Waals surface area (Å²) in [5.41, 5.74) is 0. The highest BCUT2D eigenvalue weighted by Gasteiger charge is 2.09. The number of nitrogens with zero attached hydrogens (tertiary/aromatic N) is 2. The topological polar surface area (TPSA) is 45.2 Å². The number of hydrogen-bond acceptors (Lipinski definition) is 5. The van der Waals surface area contributed by atoms with E-state index in [0.717, 1.165) is 10.3 Å². The Balaban J connectivity index is 1.80. The van der Waals surface area contributed by atoms with Crippen molar-refractivity contribution in [3.63, 3.8) is 0 Å². The summed E-state index contributed by atoms with van der Waals surface area (Å²) in [5.74, 6) is -0.0455. The van der Waals surface area contributed by atoms with Gasteiger partial charge in [-0.3, -0.25) is 9.69 Å². The first-order chi connectivity index (χ1) is 8.63. The van der Waals surface area contributed by atoms with Gasteiger partial charge in [0, 0.05) is 11.4 Å². The van der Waals surface area contributed by atoms with Crippen LogP contribution in [0.15, 0.2) is 27.5 Å². The van der Waals surface area contributed by atoms with Crippen LogP contribution in [0.3, 0.4) is 0 Å². The smallest absolute Gasteiger partial charge is 0.240 e. The number of halogens is 1. The Kier molecular flexibility index (Phi) is 4.87. The van der Waals surface area contributed by atoms with Crippen LogP contribution >= 0.6 is 38.6 Å². The summed E-state index contributed by atoms with van der Waals surface area (Å²) in [4.78, 5) is 19.1. The summed E-state index contributed by atoms with van der Waals surface area (Å²) in [6, 6.07) is 4.08. The fourth-order valence-corrected chi connectivity index (χ4v) is 3.35. The molecule has 7 heteroatoms. The minimum absolute atomic E-state index is 0.0455. The van der Waals surface area contributed by atoms with Crippen LogP contribution in [0.1, 0.15) is 4.88 Å². The van der Waals surface area contributed by atoms with Crippen molar-refractivity contribution in [1.29, 1.82) is 0 Å². The maximum Gasteiger partial charge on any atom is 0.240 e. The second-order valence-corrected chi connectivity index (χ2v) is 7.21. The van der Waals surface area contributed by atoms with Crippen LogP contribution in [0.4, 0.5) is 5.13 Å². The maximum atomic E-state index is 11.8. The van der Waals surface area contributed by atoms with Gasteiger partial charge < -0.3 is 5.32 Å². The number of rotatable bonds is 5. The van der Waals surface area contributed by atoms with E-state index < -0.39 is 0 Å². The Morgan fingerprint density at radius 3 is 3.06 bits per heavy atom. The van der Waals surface area contributed by atoms with E-state index in [-0.39, 0.29) is 5.91 Å². The number of aromatic nitrogens is 1. The van der Waals surface area contributed by atoms with Gasteiger partial charge in [0.05, 0.1) is 16.5 Å². The van der Waals surface area contributed by atoms with Gasteiger partial charge in [0.2, 0.25) is 5.91 Å². The zero-order valence-corrected chi connectivity index (χ0v) is 12.9. The van der Waals surface area contributed by atoms with Crippen LogP contribution in [0.25, 0.3) is 0 Å². The predicted octanol–water partition coefficient (Wildman–Crippen LogP) is 3.04. The summed E-state index contributed by atoms with van der Waals surface area (Å²) < 4.78 is 0.907. The van der Waals surface area contributed by atoms with E-state index in [1.807, 2.05) is 23.4 Å². The normalized spacial score (nSPS) is 10.8. The lowest BCUT2D eigenvalue weighted by Gasteiger charge is -2.14. The lowest BCUT2D eigenvalue weighted by Crippen LogP contribution is -2.29. The quantitative estimate of drug-likeness (QED) is 0.905. The highest BCUT2D eigenvalue weighted by molar-refractivity contribution is 9.11. The van der Waals surface area contributed by atoms with E-state index in [9.17, 15) is 4.79 Å². The Morgan fingerprint density at radius 1 is 1.61 bits per heavy atom.